The average Bonchev–Trinajstić information content (AvgIpc) is 3.16. The largest absolute Gasteiger partial charge is 0.461 e. The Morgan fingerprint density at radius 1 is 1.20 bits per heavy atom. The van der Waals surface area contributed by atoms with E-state index in [9.17, 15) is 9.59 Å². The molecule has 1 atom stereocenters. The second kappa shape index (κ2) is 7.73. The molecule has 2 aliphatic rings. The molecule has 2 saturated heterocycles. The molecule has 0 aliphatic carbocycles. The summed E-state index contributed by atoms with van der Waals surface area (Å²) in [5.74, 6) is 0.0750. The Morgan fingerprint density at radius 3 is 2.53 bits per heavy atom. The first kappa shape index (κ1) is 20.9. The highest BCUT2D eigenvalue weighted by atomic mass is 16.6. The average molecular weight is 412 g/mol. The molecule has 1 aromatic heterocycles. The van der Waals surface area contributed by atoms with Crippen LogP contribution in [0.4, 0.5) is 0 Å². The van der Waals surface area contributed by atoms with Crippen LogP contribution in [0.5, 0.6) is 0 Å². The van der Waals surface area contributed by atoms with Crippen LogP contribution in [0, 0.1) is 26.2 Å². The van der Waals surface area contributed by atoms with Crippen LogP contribution in [-0.2, 0) is 20.7 Å². The third-order valence-corrected chi connectivity index (χ3v) is 6.98. The monoisotopic (exact) mass is 411 g/mol. The van der Waals surface area contributed by atoms with Crippen molar-refractivity contribution in [2.45, 2.75) is 52.6 Å². The van der Waals surface area contributed by atoms with Gasteiger partial charge < -0.3 is 19.5 Å². The molecular formula is C24H33N3O3. The molecule has 2 aromatic rings. The standard InChI is InChI=1S/C24H33N3O3/c1-15-6-7-16(2)22-21(15)19(17(3)25-22)12-20(28)27-10-8-24(9-11-27)13-18(14-26(4)5)30-23(24)29/h6-7,18,25H,8-14H2,1-5H3. The highest BCUT2D eigenvalue weighted by Gasteiger charge is 2.50. The third-order valence-electron chi connectivity index (χ3n) is 6.98. The topological polar surface area (TPSA) is 65.6 Å². The molecule has 6 heteroatoms. The summed E-state index contributed by atoms with van der Waals surface area (Å²) in [6.07, 6.45) is 2.54. The first-order chi connectivity index (χ1) is 14.2. The number of hydrogen-bond acceptors (Lipinski definition) is 4. The maximum absolute atomic E-state index is 13.1. The number of nitrogens with one attached hydrogen (secondary N) is 1. The molecule has 1 unspecified atom stereocenters. The minimum absolute atomic E-state index is 0.0326. The zero-order valence-electron chi connectivity index (χ0n) is 18.8. The Balaban J connectivity index is 1.45. The van der Waals surface area contributed by atoms with Gasteiger partial charge in [-0.2, -0.15) is 0 Å². The third kappa shape index (κ3) is 3.62. The van der Waals surface area contributed by atoms with Gasteiger partial charge in [0, 0.05) is 42.7 Å². The molecule has 6 nitrogen and oxygen atoms in total. The Bertz CT molecular complexity index is 983. The number of hydrogen-bond donors (Lipinski definition) is 1. The number of H-pyrrole nitrogens is 1. The fraction of sp³-hybridized carbons (Fsp3) is 0.583. The SMILES string of the molecule is Cc1[nH]c2c(C)ccc(C)c2c1CC(=O)N1CCC2(CC1)CC(CN(C)C)OC2=O. The van der Waals surface area contributed by atoms with Gasteiger partial charge in [-0.05, 0) is 64.4 Å². The number of rotatable bonds is 4. The molecule has 1 spiro atoms. The predicted molar refractivity (Wildman–Crippen MR) is 118 cm³/mol. The number of carbonyl (C=O) groups excluding carboxylic acids is 2. The van der Waals surface area contributed by atoms with Gasteiger partial charge in [0.2, 0.25) is 5.91 Å². The lowest BCUT2D eigenvalue weighted by atomic mass is 9.76. The second-order valence-electron chi connectivity index (χ2n) is 9.51. The van der Waals surface area contributed by atoms with E-state index in [-0.39, 0.29) is 18.0 Å². The van der Waals surface area contributed by atoms with Gasteiger partial charge in [0.05, 0.1) is 11.8 Å². The summed E-state index contributed by atoms with van der Waals surface area (Å²) in [6.45, 7) is 8.26. The lowest BCUT2D eigenvalue weighted by molar-refractivity contribution is -0.152. The summed E-state index contributed by atoms with van der Waals surface area (Å²) in [6, 6.07) is 4.24. The Kier molecular flexibility index (Phi) is 5.39. The first-order valence-corrected chi connectivity index (χ1v) is 10.9. The van der Waals surface area contributed by atoms with Crippen LogP contribution in [0.15, 0.2) is 12.1 Å². The van der Waals surface area contributed by atoms with Gasteiger partial charge in [0.1, 0.15) is 6.10 Å². The Hall–Kier alpha value is -2.34. The number of carbonyl (C=O) groups is 2. The van der Waals surface area contributed by atoms with Gasteiger partial charge in [-0.25, -0.2) is 0 Å². The summed E-state index contributed by atoms with van der Waals surface area (Å²) in [5, 5.41) is 1.18. The Labute approximate surface area is 178 Å². The highest BCUT2D eigenvalue weighted by Crippen LogP contribution is 2.43. The molecule has 0 bridgehead atoms. The van der Waals surface area contributed by atoms with Crippen LogP contribution < -0.4 is 0 Å². The summed E-state index contributed by atoms with van der Waals surface area (Å²) in [5.41, 5.74) is 5.29. The number of benzene rings is 1. The van der Waals surface area contributed by atoms with Crippen LogP contribution in [0.2, 0.25) is 0 Å². The van der Waals surface area contributed by atoms with E-state index >= 15 is 0 Å². The lowest BCUT2D eigenvalue weighted by Crippen LogP contribution is -2.45. The smallest absolute Gasteiger partial charge is 0.312 e. The van der Waals surface area contributed by atoms with Gasteiger partial charge >= 0.3 is 5.97 Å². The number of ether oxygens (including phenoxy) is 1. The van der Waals surface area contributed by atoms with E-state index in [1.807, 2.05) is 25.9 Å². The van der Waals surface area contributed by atoms with Crippen molar-refractivity contribution in [1.82, 2.24) is 14.8 Å². The van der Waals surface area contributed by atoms with Gasteiger partial charge in [-0.15, -0.1) is 0 Å². The van der Waals surface area contributed by atoms with E-state index in [1.54, 1.807) is 0 Å². The zero-order valence-corrected chi connectivity index (χ0v) is 18.8. The summed E-state index contributed by atoms with van der Waals surface area (Å²) < 4.78 is 5.65. The van der Waals surface area contributed by atoms with E-state index in [0.29, 0.717) is 32.4 Å². The van der Waals surface area contributed by atoms with E-state index in [4.69, 9.17) is 4.74 Å². The van der Waals surface area contributed by atoms with E-state index in [1.165, 1.54) is 16.5 Å². The molecule has 3 heterocycles. The van der Waals surface area contributed by atoms with Crippen molar-refractivity contribution in [3.63, 3.8) is 0 Å². The number of likely N-dealkylation sites (tertiary alicyclic amines) is 1. The predicted octanol–water partition coefficient (Wildman–Crippen LogP) is 3.12. The number of aromatic nitrogens is 1. The number of nitrogens with zero attached hydrogens (tertiary/aromatic N) is 2. The minimum atomic E-state index is -0.401. The van der Waals surface area contributed by atoms with E-state index in [2.05, 4.69) is 35.9 Å². The maximum atomic E-state index is 13.1. The number of likely N-dealkylation sites (N-methyl/N-ethyl adjacent to an activating group) is 1. The molecule has 4 rings (SSSR count). The summed E-state index contributed by atoms with van der Waals surface area (Å²) in [4.78, 5) is 33.2. The zero-order chi connectivity index (χ0) is 21.6. The molecule has 1 N–H and O–H groups in total. The van der Waals surface area contributed by atoms with Gasteiger partial charge in [0.15, 0.2) is 0 Å². The van der Waals surface area contributed by atoms with Crippen LogP contribution in [0.25, 0.3) is 10.9 Å². The summed E-state index contributed by atoms with van der Waals surface area (Å²) in [7, 11) is 3.99. The molecule has 1 aromatic carbocycles. The Morgan fingerprint density at radius 2 is 1.87 bits per heavy atom. The molecule has 2 aliphatic heterocycles. The van der Waals surface area contributed by atoms with Crippen molar-refractivity contribution in [3.05, 3.63) is 34.5 Å². The molecule has 1 amide bonds. The lowest BCUT2D eigenvalue weighted by Gasteiger charge is -2.36. The van der Waals surface area contributed by atoms with Crippen LogP contribution in [0.1, 0.15) is 41.6 Å². The molecule has 2 fully saturated rings. The number of piperidine rings is 1. The van der Waals surface area contributed by atoms with Crippen molar-refractivity contribution in [3.8, 4) is 0 Å². The maximum Gasteiger partial charge on any atom is 0.312 e. The second-order valence-corrected chi connectivity index (χ2v) is 9.51. The normalized spacial score (nSPS) is 21.1. The van der Waals surface area contributed by atoms with E-state index < -0.39 is 5.41 Å². The van der Waals surface area contributed by atoms with Gasteiger partial charge in [0.25, 0.3) is 0 Å². The number of aryl methyl sites for hydroxylation is 3. The van der Waals surface area contributed by atoms with Crippen molar-refractivity contribution in [2.75, 3.05) is 33.7 Å². The molecule has 30 heavy (non-hydrogen) atoms. The number of aromatic amines is 1. The van der Waals surface area contributed by atoms with Crippen molar-refractivity contribution in [1.29, 1.82) is 0 Å². The van der Waals surface area contributed by atoms with Crippen LogP contribution in [0.3, 0.4) is 0 Å². The molecule has 0 saturated carbocycles. The summed E-state index contributed by atoms with van der Waals surface area (Å²) >= 11 is 0. The van der Waals surface area contributed by atoms with Crippen LogP contribution >= 0.6 is 0 Å². The minimum Gasteiger partial charge on any atom is -0.461 e. The molecular weight excluding hydrogens is 378 g/mol. The van der Waals surface area contributed by atoms with Crippen molar-refractivity contribution >= 4 is 22.8 Å². The number of amides is 1. The van der Waals surface area contributed by atoms with E-state index in [0.717, 1.165) is 29.7 Å². The molecule has 0 radical (unpaired) electrons. The fourth-order valence-corrected chi connectivity index (χ4v) is 5.23. The van der Waals surface area contributed by atoms with Crippen molar-refractivity contribution < 1.29 is 14.3 Å². The van der Waals surface area contributed by atoms with Crippen molar-refractivity contribution in [2.24, 2.45) is 5.41 Å². The highest BCUT2D eigenvalue weighted by molar-refractivity contribution is 5.94. The number of fused-ring (bicyclic) bond motifs is 1. The van der Waals surface area contributed by atoms with Crippen LogP contribution in [-0.4, -0.2) is 66.5 Å². The van der Waals surface area contributed by atoms with Gasteiger partial charge in [-0.3, -0.25) is 9.59 Å². The first-order valence-electron chi connectivity index (χ1n) is 10.9. The molecule has 162 valence electrons. The quantitative estimate of drug-likeness (QED) is 0.785. The number of esters is 1. The fourth-order valence-electron chi connectivity index (χ4n) is 5.23. The van der Waals surface area contributed by atoms with Gasteiger partial charge in [-0.1, -0.05) is 12.1 Å². The number of cyclic esters (lactones) is 1.